The van der Waals surface area contributed by atoms with Gasteiger partial charge in [-0.05, 0) is 62.1 Å². The highest BCUT2D eigenvalue weighted by molar-refractivity contribution is 5.91. The normalized spacial score (nSPS) is 10.5. The smallest absolute Gasteiger partial charge is 0.336 e. The van der Waals surface area contributed by atoms with Gasteiger partial charge in [-0.2, -0.15) is 0 Å². The Bertz CT molecular complexity index is 667. The van der Waals surface area contributed by atoms with E-state index in [1.807, 2.05) is 13.0 Å². The average molecular weight is 283 g/mol. The highest BCUT2D eigenvalue weighted by Crippen LogP contribution is 2.22. The molecular weight excluding hydrogens is 262 g/mol. The summed E-state index contributed by atoms with van der Waals surface area (Å²) in [7, 11) is 0. The summed E-state index contributed by atoms with van der Waals surface area (Å²) >= 11 is 0. The van der Waals surface area contributed by atoms with E-state index in [4.69, 9.17) is 5.11 Å². The maximum Gasteiger partial charge on any atom is 0.336 e. The number of hydrogen-bond acceptors (Lipinski definition) is 2. The van der Waals surface area contributed by atoms with Gasteiger partial charge in [-0.15, -0.1) is 0 Å². The Labute approximate surface area is 125 Å². The third kappa shape index (κ3) is 3.24. The number of carboxylic acid groups (broad SMARTS) is 1. The van der Waals surface area contributed by atoms with Crippen LogP contribution in [0.2, 0.25) is 0 Å². The van der Waals surface area contributed by atoms with Crippen LogP contribution in [0.1, 0.15) is 38.2 Å². The van der Waals surface area contributed by atoms with E-state index in [9.17, 15) is 4.79 Å². The number of aryl methyl sites for hydroxylation is 3. The number of hydrogen-bond donors (Lipinski definition) is 2. The third-order valence-electron chi connectivity index (χ3n) is 3.86. The van der Waals surface area contributed by atoms with Crippen LogP contribution in [0, 0.1) is 27.7 Å². The van der Waals surface area contributed by atoms with Crippen LogP contribution in [0.5, 0.6) is 0 Å². The second kappa shape index (κ2) is 6.00. The monoisotopic (exact) mass is 283 g/mol. The van der Waals surface area contributed by atoms with Crippen LogP contribution in [-0.2, 0) is 6.54 Å². The fraction of sp³-hybridized carbons (Fsp3) is 0.278. The van der Waals surface area contributed by atoms with Crippen molar-refractivity contribution in [2.75, 3.05) is 5.32 Å². The van der Waals surface area contributed by atoms with Crippen LogP contribution in [0.4, 0.5) is 5.69 Å². The van der Waals surface area contributed by atoms with Gasteiger partial charge in [0.1, 0.15) is 0 Å². The number of rotatable bonds is 4. The molecule has 0 aliphatic rings. The molecule has 0 atom stereocenters. The lowest BCUT2D eigenvalue weighted by atomic mass is 9.99. The highest BCUT2D eigenvalue weighted by Gasteiger charge is 2.10. The van der Waals surface area contributed by atoms with Crippen LogP contribution in [0.25, 0.3) is 0 Å². The predicted molar refractivity (Wildman–Crippen MR) is 86.1 cm³/mol. The molecule has 0 aliphatic heterocycles. The molecule has 110 valence electrons. The quantitative estimate of drug-likeness (QED) is 0.882. The molecular formula is C18H21NO2. The van der Waals surface area contributed by atoms with Gasteiger partial charge in [0.25, 0.3) is 0 Å². The first-order valence-corrected chi connectivity index (χ1v) is 7.03. The van der Waals surface area contributed by atoms with Gasteiger partial charge in [0.2, 0.25) is 0 Å². The molecule has 0 saturated heterocycles. The molecule has 2 aromatic rings. The summed E-state index contributed by atoms with van der Waals surface area (Å²) in [4.78, 5) is 11.2. The lowest BCUT2D eigenvalue weighted by Crippen LogP contribution is -2.07. The van der Waals surface area contributed by atoms with Crippen LogP contribution in [0.15, 0.2) is 30.3 Å². The van der Waals surface area contributed by atoms with Crippen molar-refractivity contribution in [3.8, 4) is 0 Å². The molecule has 0 bridgehead atoms. The zero-order chi connectivity index (χ0) is 15.6. The molecule has 0 fully saturated rings. The van der Waals surface area contributed by atoms with Crippen molar-refractivity contribution < 1.29 is 9.90 Å². The van der Waals surface area contributed by atoms with Gasteiger partial charge in [-0.3, -0.25) is 0 Å². The number of carbonyl (C=O) groups is 1. The van der Waals surface area contributed by atoms with Crippen molar-refractivity contribution in [1.29, 1.82) is 0 Å². The molecule has 0 saturated carbocycles. The summed E-state index contributed by atoms with van der Waals surface area (Å²) in [6.45, 7) is 8.84. The average Bonchev–Trinajstić information content (AvgIpc) is 2.38. The van der Waals surface area contributed by atoms with Gasteiger partial charge in [0.15, 0.2) is 0 Å². The number of carboxylic acids is 1. The highest BCUT2D eigenvalue weighted by atomic mass is 16.4. The van der Waals surface area contributed by atoms with Crippen LogP contribution < -0.4 is 5.32 Å². The van der Waals surface area contributed by atoms with Crippen LogP contribution in [-0.4, -0.2) is 11.1 Å². The molecule has 3 nitrogen and oxygen atoms in total. The summed E-state index contributed by atoms with van der Waals surface area (Å²) in [6, 6.07) is 9.66. The van der Waals surface area contributed by atoms with E-state index in [1.54, 1.807) is 12.1 Å². The van der Waals surface area contributed by atoms with Gasteiger partial charge in [0, 0.05) is 12.2 Å². The van der Waals surface area contributed by atoms with Crippen molar-refractivity contribution in [3.63, 3.8) is 0 Å². The molecule has 0 heterocycles. The third-order valence-corrected chi connectivity index (χ3v) is 3.86. The fourth-order valence-electron chi connectivity index (χ4n) is 2.73. The summed E-state index contributed by atoms with van der Waals surface area (Å²) in [5.41, 5.74) is 7.02. The molecule has 0 unspecified atom stereocenters. The van der Waals surface area contributed by atoms with Gasteiger partial charge < -0.3 is 10.4 Å². The maximum absolute atomic E-state index is 11.2. The Morgan fingerprint density at radius 1 is 1.10 bits per heavy atom. The minimum atomic E-state index is -0.890. The van der Waals surface area contributed by atoms with Crippen molar-refractivity contribution in [2.24, 2.45) is 0 Å². The molecule has 0 radical (unpaired) electrons. The van der Waals surface area contributed by atoms with E-state index in [0.29, 0.717) is 12.1 Å². The molecule has 0 amide bonds. The Morgan fingerprint density at radius 2 is 1.71 bits per heavy atom. The second-order valence-electron chi connectivity index (χ2n) is 5.51. The standard InChI is InChI=1S/C18H21NO2/c1-11-8-12(2)16(13(3)9-11)10-19-17-7-5-6-15(14(17)4)18(20)21/h5-9,19H,10H2,1-4H3,(H,20,21). The Morgan fingerprint density at radius 3 is 2.29 bits per heavy atom. The lowest BCUT2D eigenvalue weighted by Gasteiger charge is -2.15. The summed E-state index contributed by atoms with van der Waals surface area (Å²) in [5, 5.41) is 12.5. The van der Waals surface area contributed by atoms with Crippen molar-refractivity contribution >= 4 is 11.7 Å². The van der Waals surface area contributed by atoms with Gasteiger partial charge in [-0.1, -0.05) is 23.8 Å². The minimum absolute atomic E-state index is 0.345. The first kappa shape index (κ1) is 15.1. The summed E-state index contributed by atoms with van der Waals surface area (Å²) in [5.74, 6) is -0.890. The second-order valence-corrected chi connectivity index (χ2v) is 5.51. The number of anilines is 1. The first-order valence-electron chi connectivity index (χ1n) is 7.03. The van der Waals surface area contributed by atoms with E-state index in [0.717, 1.165) is 11.3 Å². The van der Waals surface area contributed by atoms with Crippen molar-refractivity contribution in [1.82, 2.24) is 0 Å². The van der Waals surface area contributed by atoms with Gasteiger partial charge >= 0.3 is 5.97 Å². The Hall–Kier alpha value is -2.29. The van der Waals surface area contributed by atoms with Crippen LogP contribution >= 0.6 is 0 Å². The van der Waals surface area contributed by atoms with E-state index < -0.39 is 5.97 Å². The largest absolute Gasteiger partial charge is 0.478 e. The molecule has 2 rings (SSSR count). The zero-order valence-corrected chi connectivity index (χ0v) is 12.9. The van der Waals surface area contributed by atoms with Crippen molar-refractivity contribution in [3.05, 3.63) is 63.7 Å². The topological polar surface area (TPSA) is 49.3 Å². The first-order chi connectivity index (χ1) is 9.90. The number of benzene rings is 2. The maximum atomic E-state index is 11.2. The van der Waals surface area contributed by atoms with E-state index in [2.05, 4.69) is 38.2 Å². The van der Waals surface area contributed by atoms with E-state index >= 15 is 0 Å². The van der Waals surface area contributed by atoms with Crippen LogP contribution in [0.3, 0.4) is 0 Å². The van der Waals surface area contributed by atoms with E-state index in [1.165, 1.54) is 22.3 Å². The van der Waals surface area contributed by atoms with Crippen molar-refractivity contribution in [2.45, 2.75) is 34.2 Å². The Balaban J connectivity index is 2.25. The molecule has 0 aromatic heterocycles. The number of aromatic carboxylic acids is 1. The lowest BCUT2D eigenvalue weighted by molar-refractivity contribution is 0.0696. The molecule has 0 aliphatic carbocycles. The fourth-order valence-corrected chi connectivity index (χ4v) is 2.73. The molecule has 2 aromatic carbocycles. The minimum Gasteiger partial charge on any atom is -0.478 e. The molecule has 0 spiro atoms. The van der Waals surface area contributed by atoms with Gasteiger partial charge in [0.05, 0.1) is 5.56 Å². The number of nitrogens with one attached hydrogen (secondary N) is 1. The van der Waals surface area contributed by atoms with Gasteiger partial charge in [-0.25, -0.2) is 4.79 Å². The summed E-state index contributed by atoms with van der Waals surface area (Å²) < 4.78 is 0. The molecule has 2 N–H and O–H groups in total. The van der Waals surface area contributed by atoms with E-state index in [-0.39, 0.29) is 0 Å². The Kier molecular flexibility index (Phi) is 4.32. The molecule has 21 heavy (non-hydrogen) atoms. The predicted octanol–water partition coefficient (Wildman–Crippen LogP) is 4.23. The zero-order valence-electron chi connectivity index (χ0n) is 12.9. The SMILES string of the molecule is Cc1cc(C)c(CNc2cccc(C(=O)O)c2C)c(C)c1. The summed E-state index contributed by atoms with van der Waals surface area (Å²) in [6.07, 6.45) is 0. The molecule has 3 heteroatoms.